The third kappa shape index (κ3) is 6.61. The second-order valence-corrected chi connectivity index (χ2v) is 12.1. The molecule has 0 radical (unpaired) electrons. The third-order valence-corrected chi connectivity index (χ3v) is 8.55. The molecule has 0 amide bonds. The second-order valence-electron chi connectivity index (χ2n) is 8.91. The Labute approximate surface area is 238 Å². The molecular formula is C27H20F6NO6PS. The van der Waals surface area contributed by atoms with Crippen molar-refractivity contribution < 1.29 is 54.5 Å². The number of benzene rings is 3. The maximum Gasteiger partial charge on any atom is 0.355 e. The number of carbonyl (C=O) groups is 2. The van der Waals surface area contributed by atoms with Crippen LogP contribution in [-0.2, 0) is 14.1 Å². The summed E-state index contributed by atoms with van der Waals surface area (Å²) in [7, 11) is -4.50. The molecular weight excluding hydrogens is 611 g/mol. The van der Waals surface area contributed by atoms with Gasteiger partial charge in [0, 0.05) is 4.70 Å². The number of alkyl halides is 1. The smallest absolute Gasteiger partial charge is 0.355 e. The first-order chi connectivity index (χ1) is 19.8. The Morgan fingerprint density at radius 2 is 1.52 bits per heavy atom. The highest BCUT2D eigenvalue weighted by Gasteiger charge is 2.39. The maximum atomic E-state index is 15.9. The van der Waals surface area contributed by atoms with Gasteiger partial charge in [0.1, 0.15) is 17.2 Å². The van der Waals surface area contributed by atoms with E-state index in [2.05, 4.69) is 9.82 Å². The van der Waals surface area contributed by atoms with Gasteiger partial charge in [0.05, 0.1) is 6.10 Å². The molecule has 0 spiro atoms. The molecule has 0 saturated carbocycles. The summed E-state index contributed by atoms with van der Waals surface area (Å²) < 4.78 is 113. The van der Waals surface area contributed by atoms with Crippen LogP contribution in [0.1, 0.15) is 35.0 Å². The van der Waals surface area contributed by atoms with Crippen molar-refractivity contribution in [1.29, 1.82) is 0 Å². The van der Waals surface area contributed by atoms with Gasteiger partial charge in [0.2, 0.25) is 40.7 Å². The molecule has 4 aromatic rings. The van der Waals surface area contributed by atoms with Crippen molar-refractivity contribution in [1.82, 2.24) is 5.09 Å². The first-order valence-electron chi connectivity index (χ1n) is 12.0. The molecule has 0 fully saturated rings. The third-order valence-electron chi connectivity index (χ3n) is 5.47. The maximum absolute atomic E-state index is 15.9. The fraction of sp³-hybridized carbons (Fsp3) is 0.185. The van der Waals surface area contributed by atoms with E-state index in [1.807, 2.05) is 0 Å². The number of carbonyl (C=O) groups excluding carboxylic acids is 2. The van der Waals surface area contributed by atoms with Gasteiger partial charge >= 0.3 is 19.5 Å². The Kier molecular flexibility index (Phi) is 9.29. The molecule has 222 valence electrons. The predicted octanol–water partition coefficient (Wildman–Crippen LogP) is 7.60. The van der Waals surface area contributed by atoms with Crippen LogP contribution in [0.5, 0.6) is 11.5 Å². The summed E-state index contributed by atoms with van der Waals surface area (Å²) >= 11 is 0.718. The number of nitrogens with one attached hydrogen (secondary N) is 1. The first-order valence-corrected chi connectivity index (χ1v) is 14.5. The van der Waals surface area contributed by atoms with Gasteiger partial charge in [0.25, 0.3) is 0 Å². The second kappa shape index (κ2) is 12.6. The van der Waals surface area contributed by atoms with E-state index in [0.717, 1.165) is 17.4 Å². The Hall–Kier alpha value is -3.87. The van der Waals surface area contributed by atoms with Crippen molar-refractivity contribution in [3.05, 3.63) is 94.1 Å². The van der Waals surface area contributed by atoms with E-state index in [1.165, 1.54) is 30.3 Å². The molecule has 3 aromatic carbocycles. The van der Waals surface area contributed by atoms with E-state index in [9.17, 15) is 36.1 Å². The highest BCUT2D eigenvalue weighted by molar-refractivity contribution is 7.57. The summed E-state index contributed by atoms with van der Waals surface area (Å²) in [4.78, 5) is 24.3. The number of fused-ring (bicyclic) bond motifs is 1. The highest BCUT2D eigenvalue weighted by atomic mass is 32.1. The van der Waals surface area contributed by atoms with Crippen molar-refractivity contribution in [2.45, 2.75) is 25.9 Å². The molecule has 0 aliphatic rings. The molecule has 1 heterocycles. The zero-order valence-electron chi connectivity index (χ0n) is 21.6. The summed E-state index contributed by atoms with van der Waals surface area (Å²) in [6.45, 7) is 2.55. The molecule has 1 aromatic heterocycles. The lowest BCUT2D eigenvalue weighted by Crippen LogP contribution is -2.27. The minimum Gasteiger partial charge on any atom is -0.462 e. The lowest BCUT2D eigenvalue weighted by atomic mass is 10.2. The molecule has 2 unspecified atom stereocenters. The average molecular weight is 631 g/mol. The molecule has 1 N–H and O–H groups in total. The van der Waals surface area contributed by atoms with E-state index in [4.69, 9.17) is 9.26 Å². The lowest BCUT2D eigenvalue weighted by Gasteiger charge is -2.24. The summed E-state index contributed by atoms with van der Waals surface area (Å²) in [5.74, 6) is -18.0. The normalized spacial score (nSPS) is 13.5. The zero-order valence-corrected chi connectivity index (χ0v) is 23.3. The largest absolute Gasteiger partial charge is 0.462 e. The molecule has 42 heavy (non-hydrogen) atoms. The molecule has 0 bridgehead atoms. The predicted molar refractivity (Wildman–Crippen MR) is 141 cm³/mol. The summed E-state index contributed by atoms with van der Waals surface area (Å²) in [6, 6.07) is 12.5. The quantitative estimate of drug-likeness (QED) is 0.0482. The number of rotatable bonds is 10. The molecule has 2 atom stereocenters. The topological polar surface area (TPSA) is 90.9 Å². The van der Waals surface area contributed by atoms with E-state index >= 15 is 4.39 Å². The van der Waals surface area contributed by atoms with Crippen LogP contribution in [0.3, 0.4) is 0 Å². The van der Waals surface area contributed by atoms with Crippen LogP contribution in [0.25, 0.3) is 10.1 Å². The highest BCUT2D eigenvalue weighted by Crippen LogP contribution is 2.57. The standard InChI is InChI=1S/C27H20F6NO6PS/c1-13(2)38-19(35)12-34-41(37,40-16-6-4-3-5-7-16)26(33)14-8-9-17-15(10-14)11-18(42-17)27(36)39-25-23(31)21(29)20(28)22(30)24(25)32/h3-11,13,26H,12H2,1-2H3,(H,34,37). The van der Waals surface area contributed by atoms with Crippen molar-refractivity contribution in [3.8, 4) is 11.5 Å². The average Bonchev–Trinajstić information content (AvgIpc) is 3.40. The number of ether oxygens (including phenoxy) is 2. The lowest BCUT2D eigenvalue weighted by molar-refractivity contribution is -0.145. The molecule has 7 nitrogen and oxygen atoms in total. The van der Waals surface area contributed by atoms with E-state index in [1.54, 1.807) is 32.0 Å². The fourth-order valence-electron chi connectivity index (χ4n) is 3.60. The van der Waals surface area contributed by atoms with Crippen LogP contribution in [0.4, 0.5) is 26.3 Å². The Morgan fingerprint density at radius 1 is 0.905 bits per heavy atom. The van der Waals surface area contributed by atoms with Crippen LogP contribution in [0, 0.1) is 29.1 Å². The van der Waals surface area contributed by atoms with Crippen molar-refractivity contribution in [2.24, 2.45) is 0 Å². The first kappa shape index (κ1) is 31.1. The summed E-state index contributed by atoms with van der Waals surface area (Å²) in [5, 5.41) is 2.51. The Morgan fingerprint density at radius 3 is 2.14 bits per heavy atom. The van der Waals surface area contributed by atoms with Crippen LogP contribution in [-0.4, -0.2) is 24.6 Å². The van der Waals surface area contributed by atoms with Crippen LogP contribution < -0.4 is 14.3 Å². The fourth-order valence-corrected chi connectivity index (χ4v) is 6.17. The number of para-hydroxylation sites is 1. The van der Waals surface area contributed by atoms with E-state index in [0.29, 0.717) is 4.70 Å². The Bertz CT molecular complexity index is 1670. The zero-order chi connectivity index (χ0) is 30.8. The van der Waals surface area contributed by atoms with Gasteiger partial charge in [-0.25, -0.2) is 27.4 Å². The van der Waals surface area contributed by atoms with Gasteiger partial charge in [-0.1, -0.05) is 24.3 Å². The summed E-state index contributed by atoms with van der Waals surface area (Å²) in [5.41, 5.74) is -0.191. The summed E-state index contributed by atoms with van der Waals surface area (Å²) in [6.07, 6.45) is -0.481. The molecule has 0 saturated heterocycles. The SMILES string of the molecule is CC(C)OC(=O)CNP(=O)(Oc1ccccc1)C(F)c1ccc2sc(C(=O)Oc3c(F)c(F)c(F)c(F)c3F)cc2c1. The van der Waals surface area contributed by atoms with Crippen LogP contribution >= 0.6 is 18.9 Å². The minimum atomic E-state index is -4.50. The monoisotopic (exact) mass is 631 g/mol. The van der Waals surface area contributed by atoms with Crippen LogP contribution in [0.2, 0.25) is 0 Å². The van der Waals surface area contributed by atoms with Gasteiger partial charge in [-0.05, 0) is 55.1 Å². The number of esters is 2. The van der Waals surface area contributed by atoms with E-state index in [-0.39, 0.29) is 21.6 Å². The van der Waals surface area contributed by atoms with Gasteiger partial charge < -0.3 is 14.0 Å². The molecule has 0 aliphatic carbocycles. The molecule has 15 heteroatoms. The van der Waals surface area contributed by atoms with Gasteiger partial charge in [-0.2, -0.15) is 8.78 Å². The molecule has 0 aliphatic heterocycles. The molecule has 4 rings (SSSR count). The van der Waals surface area contributed by atoms with E-state index < -0.39 is 72.9 Å². The van der Waals surface area contributed by atoms with Crippen molar-refractivity contribution in [2.75, 3.05) is 6.54 Å². The van der Waals surface area contributed by atoms with Gasteiger partial charge in [-0.15, -0.1) is 11.3 Å². The van der Waals surface area contributed by atoms with Crippen LogP contribution in [0.15, 0.2) is 54.6 Å². The number of hydrogen-bond donors (Lipinski definition) is 1. The van der Waals surface area contributed by atoms with Gasteiger partial charge in [0.15, 0.2) is 0 Å². The number of thiophene rings is 1. The van der Waals surface area contributed by atoms with Crippen molar-refractivity contribution >= 4 is 40.9 Å². The Balaban J connectivity index is 1.62. The number of hydrogen-bond acceptors (Lipinski definition) is 7. The number of halogens is 6. The minimum absolute atomic E-state index is 0.0444. The van der Waals surface area contributed by atoms with Gasteiger partial charge in [-0.3, -0.25) is 9.36 Å². The van der Waals surface area contributed by atoms with Crippen molar-refractivity contribution in [3.63, 3.8) is 0 Å².